The Hall–Kier alpha value is 0.640. The topological polar surface area (TPSA) is 18.5 Å². The standard InChI is InChI=1S/C10H22ClO2P/c1-3-5-7-9-12-14(11)13-10-8-6-4-2/h3-10H2,1-2H3. The van der Waals surface area contributed by atoms with Crippen molar-refractivity contribution in [2.75, 3.05) is 13.2 Å². The Morgan fingerprint density at radius 1 is 0.857 bits per heavy atom. The molecular formula is C10H22ClO2P. The highest BCUT2D eigenvalue weighted by Crippen LogP contribution is 2.43. The molecule has 0 aliphatic rings. The lowest BCUT2D eigenvalue weighted by Gasteiger charge is -2.09. The lowest BCUT2D eigenvalue weighted by Crippen LogP contribution is -1.92. The highest BCUT2D eigenvalue weighted by atomic mass is 35.7. The summed E-state index contributed by atoms with van der Waals surface area (Å²) in [6.07, 6.45) is 6.99. The van der Waals surface area contributed by atoms with Crippen molar-refractivity contribution in [1.29, 1.82) is 0 Å². The minimum Gasteiger partial charge on any atom is -0.322 e. The van der Waals surface area contributed by atoms with Gasteiger partial charge in [0.1, 0.15) is 0 Å². The van der Waals surface area contributed by atoms with Gasteiger partial charge in [-0.3, -0.25) is 0 Å². The molecule has 0 spiro atoms. The zero-order valence-electron chi connectivity index (χ0n) is 9.30. The Kier molecular flexibility index (Phi) is 12.2. The number of hydrogen-bond donors (Lipinski definition) is 0. The molecule has 0 saturated heterocycles. The molecule has 14 heavy (non-hydrogen) atoms. The van der Waals surface area contributed by atoms with Gasteiger partial charge in [-0.15, -0.1) is 0 Å². The van der Waals surface area contributed by atoms with Crippen LogP contribution in [0.1, 0.15) is 52.4 Å². The minimum absolute atomic E-state index is 0.733. The van der Waals surface area contributed by atoms with Crippen molar-refractivity contribution in [3.8, 4) is 0 Å². The van der Waals surface area contributed by atoms with Crippen molar-refractivity contribution in [1.82, 2.24) is 0 Å². The van der Waals surface area contributed by atoms with Gasteiger partial charge in [-0.2, -0.15) is 0 Å². The molecule has 0 N–H and O–H groups in total. The molecule has 0 aliphatic heterocycles. The van der Waals surface area contributed by atoms with Gasteiger partial charge in [-0.1, -0.05) is 39.5 Å². The van der Waals surface area contributed by atoms with Crippen LogP contribution in [0, 0.1) is 0 Å². The fraction of sp³-hybridized carbons (Fsp3) is 1.00. The Balaban J connectivity index is 3.07. The first-order chi connectivity index (χ1) is 6.81. The predicted molar refractivity (Wildman–Crippen MR) is 63.7 cm³/mol. The van der Waals surface area contributed by atoms with Crippen LogP contribution < -0.4 is 0 Å². The number of hydrogen-bond acceptors (Lipinski definition) is 2. The van der Waals surface area contributed by atoms with E-state index in [9.17, 15) is 0 Å². The monoisotopic (exact) mass is 240 g/mol. The third-order valence-electron chi connectivity index (χ3n) is 1.88. The molecular weight excluding hydrogens is 219 g/mol. The van der Waals surface area contributed by atoms with E-state index < -0.39 is 7.73 Å². The number of rotatable bonds is 10. The summed E-state index contributed by atoms with van der Waals surface area (Å²) in [6.45, 7) is 5.81. The molecule has 0 rings (SSSR count). The van der Waals surface area contributed by atoms with Crippen LogP contribution in [0.2, 0.25) is 0 Å². The van der Waals surface area contributed by atoms with Gasteiger partial charge in [0.05, 0.1) is 13.2 Å². The summed E-state index contributed by atoms with van der Waals surface area (Å²) in [5.74, 6) is 0. The highest BCUT2D eigenvalue weighted by Gasteiger charge is 2.04. The van der Waals surface area contributed by atoms with E-state index in [1.165, 1.54) is 25.7 Å². The van der Waals surface area contributed by atoms with Crippen molar-refractivity contribution < 1.29 is 9.05 Å². The van der Waals surface area contributed by atoms with Gasteiger partial charge in [0, 0.05) is 0 Å². The van der Waals surface area contributed by atoms with Crippen LogP contribution in [0.25, 0.3) is 0 Å². The van der Waals surface area contributed by atoms with Crippen LogP contribution in [0.4, 0.5) is 0 Å². The van der Waals surface area contributed by atoms with Gasteiger partial charge in [-0.05, 0) is 24.1 Å². The van der Waals surface area contributed by atoms with E-state index in [4.69, 9.17) is 20.3 Å². The van der Waals surface area contributed by atoms with Crippen LogP contribution in [0.5, 0.6) is 0 Å². The molecule has 0 aromatic carbocycles. The predicted octanol–water partition coefficient (Wildman–Crippen LogP) is 4.87. The zero-order valence-corrected chi connectivity index (χ0v) is 10.9. The van der Waals surface area contributed by atoms with Gasteiger partial charge >= 0.3 is 0 Å². The fourth-order valence-corrected chi connectivity index (χ4v) is 2.05. The third kappa shape index (κ3) is 10.7. The molecule has 2 nitrogen and oxygen atoms in total. The SMILES string of the molecule is CCCCCOP(Cl)OCCCCC. The summed E-state index contributed by atoms with van der Waals surface area (Å²) in [7, 11) is -1.14. The Bertz CT molecular complexity index is 102. The molecule has 0 aliphatic carbocycles. The first kappa shape index (κ1) is 14.6. The van der Waals surface area contributed by atoms with Crippen molar-refractivity contribution in [2.45, 2.75) is 52.4 Å². The van der Waals surface area contributed by atoms with Crippen molar-refractivity contribution in [3.63, 3.8) is 0 Å². The Morgan fingerprint density at radius 3 is 1.64 bits per heavy atom. The number of unbranched alkanes of at least 4 members (excludes halogenated alkanes) is 4. The molecule has 0 amide bonds. The maximum atomic E-state index is 5.86. The lowest BCUT2D eigenvalue weighted by molar-refractivity contribution is 0.252. The van der Waals surface area contributed by atoms with Crippen LogP contribution >= 0.6 is 19.0 Å². The average molecular weight is 241 g/mol. The summed E-state index contributed by atoms with van der Waals surface area (Å²) < 4.78 is 10.7. The molecule has 0 atom stereocenters. The lowest BCUT2D eigenvalue weighted by atomic mass is 10.3. The Labute approximate surface area is 94.0 Å². The quantitative estimate of drug-likeness (QED) is 0.401. The highest BCUT2D eigenvalue weighted by molar-refractivity contribution is 7.76. The van der Waals surface area contributed by atoms with Crippen molar-refractivity contribution in [2.24, 2.45) is 0 Å². The average Bonchev–Trinajstić information content (AvgIpc) is 2.19. The summed E-state index contributed by atoms with van der Waals surface area (Å²) in [6, 6.07) is 0. The molecule has 0 heterocycles. The molecule has 0 bridgehead atoms. The van der Waals surface area contributed by atoms with Crippen molar-refractivity contribution in [3.05, 3.63) is 0 Å². The van der Waals surface area contributed by atoms with Gasteiger partial charge < -0.3 is 9.05 Å². The molecule has 0 aromatic heterocycles. The molecule has 4 heteroatoms. The normalized spacial score (nSPS) is 11.1. The molecule has 0 radical (unpaired) electrons. The van der Waals surface area contributed by atoms with Crippen LogP contribution in [0.15, 0.2) is 0 Å². The largest absolute Gasteiger partial charge is 0.322 e. The molecule has 0 aromatic rings. The Morgan fingerprint density at radius 2 is 1.29 bits per heavy atom. The van der Waals surface area contributed by atoms with E-state index in [-0.39, 0.29) is 0 Å². The minimum atomic E-state index is -1.14. The summed E-state index contributed by atoms with van der Waals surface area (Å²) in [4.78, 5) is 0. The second kappa shape index (κ2) is 11.7. The van der Waals surface area contributed by atoms with E-state index in [2.05, 4.69) is 13.8 Å². The van der Waals surface area contributed by atoms with Gasteiger partial charge in [-0.25, -0.2) is 0 Å². The molecule has 0 saturated carbocycles. The molecule has 0 unspecified atom stereocenters. The van der Waals surface area contributed by atoms with Gasteiger partial charge in [0.15, 0.2) is 0 Å². The maximum absolute atomic E-state index is 5.86. The smallest absolute Gasteiger partial charge is 0.276 e. The maximum Gasteiger partial charge on any atom is 0.276 e. The number of halogens is 1. The summed E-state index contributed by atoms with van der Waals surface area (Å²) in [5.41, 5.74) is 0. The van der Waals surface area contributed by atoms with Crippen LogP contribution in [-0.4, -0.2) is 13.2 Å². The fourth-order valence-electron chi connectivity index (χ4n) is 1.01. The van der Waals surface area contributed by atoms with E-state index in [0.29, 0.717) is 0 Å². The van der Waals surface area contributed by atoms with Gasteiger partial charge in [0.2, 0.25) is 0 Å². The van der Waals surface area contributed by atoms with E-state index in [0.717, 1.165) is 26.1 Å². The van der Waals surface area contributed by atoms with E-state index in [1.807, 2.05) is 0 Å². The first-order valence-electron chi connectivity index (χ1n) is 5.53. The second-order valence-electron chi connectivity index (χ2n) is 3.29. The first-order valence-corrected chi connectivity index (χ1v) is 7.61. The molecule has 0 fully saturated rings. The van der Waals surface area contributed by atoms with E-state index in [1.54, 1.807) is 0 Å². The van der Waals surface area contributed by atoms with E-state index >= 15 is 0 Å². The second-order valence-corrected chi connectivity index (χ2v) is 5.06. The van der Waals surface area contributed by atoms with Crippen LogP contribution in [0.3, 0.4) is 0 Å². The van der Waals surface area contributed by atoms with Crippen LogP contribution in [-0.2, 0) is 9.05 Å². The van der Waals surface area contributed by atoms with Crippen molar-refractivity contribution >= 4 is 19.0 Å². The summed E-state index contributed by atoms with van der Waals surface area (Å²) in [5, 5.41) is 0. The molecule has 86 valence electrons. The third-order valence-corrected chi connectivity index (χ3v) is 3.24. The zero-order chi connectivity index (χ0) is 10.6. The summed E-state index contributed by atoms with van der Waals surface area (Å²) >= 11 is 5.86. The van der Waals surface area contributed by atoms with Gasteiger partial charge in [0.25, 0.3) is 7.73 Å².